The maximum absolute atomic E-state index is 12.1. The summed E-state index contributed by atoms with van der Waals surface area (Å²) in [6.07, 6.45) is 1.37. The summed E-state index contributed by atoms with van der Waals surface area (Å²) in [5.41, 5.74) is 3.30. The third-order valence-electron chi connectivity index (χ3n) is 3.03. The molecule has 0 fully saturated rings. The normalized spacial score (nSPS) is 10.5. The molecule has 0 atom stereocenters. The van der Waals surface area contributed by atoms with Gasteiger partial charge in [-0.05, 0) is 37.3 Å². The van der Waals surface area contributed by atoms with Crippen molar-refractivity contribution in [1.29, 1.82) is 0 Å². The number of hydrogen-bond donors (Lipinski definition) is 2. The Bertz CT molecular complexity index is 713. The zero-order valence-electron chi connectivity index (χ0n) is 12.9. The van der Waals surface area contributed by atoms with Gasteiger partial charge in [-0.15, -0.1) is 0 Å². The molecule has 0 saturated heterocycles. The Labute approximate surface area is 134 Å². The second-order valence-corrected chi connectivity index (χ2v) is 4.56. The van der Waals surface area contributed by atoms with Crippen molar-refractivity contribution in [3.05, 3.63) is 53.6 Å². The number of hydrogen-bond acceptors (Lipinski definition) is 5. The van der Waals surface area contributed by atoms with Gasteiger partial charge in [-0.1, -0.05) is 12.1 Å². The first kappa shape index (κ1) is 16.4. The molecule has 0 aliphatic rings. The molecule has 0 bridgehead atoms. The van der Waals surface area contributed by atoms with E-state index in [-0.39, 0.29) is 5.75 Å². The van der Waals surface area contributed by atoms with Crippen LogP contribution in [0.1, 0.15) is 22.8 Å². The van der Waals surface area contributed by atoms with Gasteiger partial charge in [0, 0.05) is 11.1 Å². The molecule has 6 heteroatoms. The Morgan fingerprint density at radius 1 is 1.26 bits per heavy atom. The van der Waals surface area contributed by atoms with Gasteiger partial charge in [-0.2, -0.15) is 5.10 Å². The van der Waals surface area contributed by atoms with Crippen molar-refractivity contribution < 1.29 is 19.4 Å². The number of carbonyl (C=O) groups excluding carboxylic acids is 1. The number of nitrogens with zero attached hydrogens (tertiary/aromatic N) is 1. The average Bonchev–Trinajstić information content (AvgIpc) is 2.57. The summed E-state index contributed by atoms with van der Waals surface area (Å²) in [6.45, 7) is 2.38. The molecule has 0 aliphatic heterocycles. The first-order valence-electron chi connectivity index (χ1n) is 7.08. The molecule has 2 aromatic rings. The summed E-state index contributed by atoms with van der Waals surface area (Å²) < 4.78 is 10.6. The Hall–Kier alpha value is -3.02. The lowest BCUT2D eigenvalue weighted by molar-refractivity contribution is 0.0954. The lowest BCUT2D eigenvalue weighted by Gasteiger charge is -2.10. The highest BCUT2D eigenvalue weighted by Gasteiger charge is 2.10. The summed E-state index contributed by atoms with van der Waals surface area (Å²) in [5, 5.41) is 13.4. The van der Waals surface area contributed by atoms with E-state index in [1.165, 1.54) is 13.3 Å². The van der Waals surface area contributed by atoms with Crippen LogP contribution in [0.5, 0.6) is 17.2 Å². The Kier molecular flexibility index (Phi) is 5.57. The summed E-state index contributed by atoms with van der Waals surface area (Å²) in [4.78, 5) is 12.1. The van der Waals surface area contributed by atoms with Crippen LogP contribution < -0.4 is 14.9 Å². The lowest BCUT2D eigenvalue weighted by Crippen LogP contribution is -2.17. The molecule has 1 amide bonds. The number of para-hydroxylation sites is 1. The van der Waals surface area contributed by atoms with Crippen LogP contribution in [-0.2, 0) is 0 Å². The van der Waals surface area contributed by atoms with Crippen molar-refractivity contribution in [3.63, 3.8) is 0 Å². The number of aromatic hydroxyl groups is 1. The molecule has 0 aliphatic carbocycles. The standard InChI is InChI=1S/C17H18N2O4/c1-3-23-15-9-8-12(10-16(15)22-2)17(21)19-18-11-13-6-4-5-7-14(13)20/h4-11,20H,3H2,1-2H3,(H,19,21)/b18-11+. The van der Waals surface area contributed by atoms with Crippen LogP contribution in [0, 0.1) is 0 Å². The van der Waals surface area contributed by atoms with Gasteiger partial charge in [0.25, 0.3) is 5.91 Å². The summed E-state index contributed by atoms with van der Waals surface area (Å²) in [6, 6.07) is 11.6. The fourth-order valence-corrected chi connectivity index (χ4v) is 1.91. The predicted molar refractivity (Wildman–Crippen MR) is 87.3 cm³/mol. The molecule has 6 nitrogen and oxygen atoms in total. The van der Waals surface area contributed by atoms with Crippen molar-refractivity contribution in [2.24, 2.45) is 5.10 Å². The lowest BCUT2D eigenvalue weighted by atomic mass is 10.2. The molecule has 0 spiro atoms. The molecule has 23 heavy (non-hydrogen) atoms. The average molecular weight is 314 g/mol. The fraction of sp³-hybridized carbons (Fsp3) is 0.176. The Morgan fingerprint density at radius 2 is 2.04 bits per heavy atom. The quantitative estimate of drug-likeness (QED) is 0.634. The second kappa shape index (κ2) is 7.84. The summed E-state index contributed by atoms with van der Waals surface area (Å²) >= 11 is 0. The van der Waals surface area contributed by atoms with E-state index in [0.717, 1.165) is 0 Å². The van der Waals surface area contributed by atoms with E-state index in [2.05, 4.69) is 10.5 Å². The van der Waals surface area contributed by atoms with Crippen molar-refractivity contribution in [3.8, 4) is 17.2 Å². The van der Waals surface area contributed by atoms with Crippen molar-refractivity contribution in [2.45, 2.75) is 6.92 Å². The molecule has 0 radical (unpaired) electrons. The Morgan fingerprint density at radius 3 is 2.74 bits per heavy atom. The number of amides is 1. The van der Waals surface area contributed by atoms with Crippen LogP contribution in [0.3, 0.4) is 0 Å². The molecular weight excluding hydrogens is 296 g/mol. The highest BCUT2D eigenvalue weighted by Crippen LogP contribution is 2.27. The number of benzene rings is 2. The minimum atomic E-state index is -0.391. The van der Waals surface area contributed by atoms with E-state index in [0.29, 0.717) is 29.2 Å². The van der Waals surface area contributed by atoms with Crippen LogP contribution in [0.15, 0.2) is 47.6 Å². The van der Waals surface area contributed by atoms with Gasteiger partial charge in [0.05, 0.1) is 19.9 Å². The largest absolute Gasteiger partial charge is 0.507 e. The topological polar surface area (TPSA) is 80.2 Å². The van der Waals surface area contributed by atoms with Crippen LogP contribution in [0.2, 0.25) is 0 Å². The van der Waals surface area contributed by atoms with E-state index in [9.17, 15) is 9.90 Å². The van der Waals surface area contributed by atoms with Gasteiger partial charge in [-0.25, -0.2) is 5.43 Å². The summed E-state index contributed by atoms with van der Waals surface area (Å²) in [7, 11) is 1.51. The van der Waals surface area contributed by atoms with Gasteiger partial charge in [0.15, 0.2) is 11.5 Å². The monoisotopic (exact) mass is 314 g/mol. The van der Waals surface area contributed by atoms with Gasteiger partial charge in [0.2, 0.25) is 0 Å². The maximum Gasteiger partial charge on any atom is 0.271 e. The van der Waals surface area contributed by atoms with E-state index >= 15 is 0 Å². The van der Waals surface area contributed by atoms with E-state index < -0.39 is 5.91 Å². The van der Waals surface area contributed by atoms with Gasteiger partial charge in [-0.3, -0.25) is 4.79 Å². The zero-order chi connectivity index (χ0) is 16.7. The number of phenols is 1. The van der Waals surface area contributed by atoms with E-state index in [1.54, 1.807) is 42.5 Å². The molecular formula is C17H18N2O4. The van der Waals surface area contributed by atoms with E-state index in [4.69, 9.17) is 9.47 Å². The smallest absolute Gasteiger partial charge is 0.271 e. The Balaban J connectivity index is 2.07. The van der Waals surface area contributed by atoms with Crippen LogP contribution in [0.4, 0.5) is 0 Å². The van der Waals surface area contributed by atoms with Gasteiger partial charge < -0.3 is 14.6 Å². The zero-order valence-corrected chi connectivity index (χ0v) is 12.9. The summed E-state index contributed by atoms with van der Waals surface area (Å²) in [5.74, 6) is 0.750. The van der Waals surface area contributed by atoms with Crippen LogP contribution in [0.25, 0.3) is 0 Å². The number of nitrogens with one attached hydrogen (secondary N) is 1. The highest BCUT2D eigenvalue weighted by molar-refractivity contribution is 5.95. The number of rotatable bonds is 6. The van der Waals surface area contributed by atoms with Crippen LogP contribution in [-0.4, -0.2) is 30.9 Å². The highest BCUT2D eigenvalue weighted by atomic mass is 16.5. The van der Waals surface area contributed by atoms with Gasteiger partial charge >= 0.3 is 0 Å². The minimum Gasteiger partial charge on any atom is -0.507 e. The first-order valence-corrected chi connectivity index (χ1v) is 7.08. The predicted octanol–water partition coefficient (Wildman–Crippen LogP) is 2.56. The number of carbonyl (C=O) groups is 1. The fourth-order valence-electron chi connectivity index (χ4n) is 1.91. The number of ether oxygens (including phenoxy) is 2. The van der Waals surface area contributed by atoms with Crippen molar-refractivity contribution in [2.75, 3.05) is 13.7 Å². The molecule has 2 aromatic carbocycles. The van der Waals surface area contributed by atoms with Gasteiger partial charge in [0.1, 0.15) is 5.75 Å². The molecule has 0 unspecified atom stereocenters. The SMILES string of the molecule is CCOc1ccc(C(=O)N/N=C/c2ccccc2O)cc1OC. The number of phenolic OH excluding ortho intramolecular Hbond substituents is 1. The van der Waals surface area contributed by atoms with Crippen LogP contribution >= 0.6 is 0 Å². The first-order chi connectivity index (χ1) is 11.2. The number of hydrazone groups is 1. The number of methoxy groups -OCH3 is 1. The molecule has 2 rings (SSSR count). The minimum absolute atomic E-state index is 0.0910. The molecule has 0 heterocycles. The van der Waals surface area contributed by atoms with Crippen molar-refractivity contribution >= 4 is 12.1 Å². The third kappa shape index (κ3) is 4.23. The molecule has 0 aromatic heterocycles. The third-order valence-corrected chi connectivity index (χ3v) is 3.03. The maximum atomic E-state index is 12.1. The molecule has 2 N–H and O–H groups in total. The second-order valence-electron chi connectivity index (χ2n) is 4.56. The van der Waals surface area contributed by atoms with E-state index in [1.807, 2.05) is 6.92 Å². The molecule has 0 saturated carbocycles. The molecule has 120 valence electrons. The van der Waals surface area contributed by atoms with Crippen molar-refractivity contribution in [1.82, 2.24) is 5.43 Å².